The molecule has 3 aromatic rings. The molecule has 3 aromatic carbocycles. The third-order valence-electron chi connectivity index (χ3n) is 5.83. The van der Waals surface area contributed by atoms with Crippen LogP contribution in [-0.4, -0.2) is 35.4 Å². The lowest BCUT2D eigenvalue weighted by molar-refractivity contribution is -0.143. The summed E-state index contributed by atoms with van der Waals surface area (Å²) in [5.41, 5.74) is 3.31. The van der Waals surface area contributed by atoms with Gasteiger partial charge in [-0.05, 0) is 74.2 Å². The summed E-state index contributed by atoms with van der Waals surface area (Å²) in [6, 6.07) is 17.4. The fourth-order valence-corrected chi connectivity index (χ4v) is 4.56. The van der Waals surface area contributed by atoms with Crippen LogP contribution < -0.4 is 10.1 Å². The van der Waals surface area contributed by atoms with Crippen LogP contribution in [-0.2, 0) is 22.6 Å². The zero-order valence-electron chi connectivity index (χ0n) is 21.4. The Kier molecular flexibility index (Phi) is 10.3. The van der Waals surface area contributed by atoms with Gasteiger partial charge >= 0.3 is 0 Å². The van der Waals surface area contributed by atoms with E-state index in [0.717, 1.165) is 16.7 Å². The van der Waals surface area contributed by atoms with Crippen LogP contribution in [0.5, 0.6) is 5.75 Å². The second-order valence-corrected chi connectivity index (χ2v) is 10.5. The molecule has 196 valence electrons. The van der Waals surface area contributed by atoms with Crippen molar-refractivity contribution in [3.63, 3.8) is 0 Å². The van der Waals surface area contributed by atoms with Gasteiger partial charge in [-0.1, -0.05) is 71.2 Å². The normalized spacial score (nSPS) is 11.8. The molecule has 2 amide bonds. The van der Waals surface area contributed by atoms with Crippen molar-refractivity contribution in [3.05, 3.63) is 98.0 Å². The molecule has 0 saturated carbocycles. The van der Waals surface area contributed by atoms with Gasteiger partial charge in [0.1, 0.15) is 11.8 Å². The molecule has 0 radical (unpaired) electrons. The molecule has 1 atom stereocenters. The molecule has 0 saturated heterocycles. The number of nitrogens with zero attached hydrogens (tertiary/aromatic N) is 1. The second kappa shape index (κ2) is 13.2. The van der Waals surface area contributed by atoms with Crippen molar-refractivity contribution in [2.24, 2.45) is 0 Å². The van der Waals surface area contributed by atoms with E-state index in [1.165, 1.54) is 4.90 Å². The summed E-state index contributed by atoms with van der Waals surface area (Å²) < 4.78 is 5.88. The third kappa shape index (κ3) is 8.13. The number of rotatable bonds is 10. The van der Waals surface area contributed by atoms with Crippen LogP contribution in [0, 0.1) is 13.8 Å². The van der Waals surface area contributed by atoms with Gasteiger partial charge in [-0.3, -0.25) is 9.59 Å². The number of aryl methyl sites for hydroxylation is 2. The van der Waals surface area contributed by atoms with Crippen molar-refractivity contribution < 1.29 is 14.3 Å². The number of amides is 2. The van der Waals surface area contributed by atoms with E-state index >= 15 is 0 Å². The fourth-order valence-electron chi connectivity index (χ4n) is 3.99. The van der Waals surface area contributed by atoms with Gasteiger partial charge in [0.05, 0.1) is 0 Å². The lowest BCUT2D eigenvalue weighted by Gasteiger charge is -2.32. The molecule has 0 heterocycles. The minimum absolute atomic E-state index is 0.0990. The zero-order chi connectivity index (χ0) is 27.1. The topological polar surface area (TPSA) is 58.6 Å². The molecule has 0 bridgehead atoms. The first-order chi connectivity index (χ1) is 17.5. The van der Waals surface area contributed by atoms with Gasteiger partial charge in [-0.25, -0.2) is 0 Å². The molecule has 0 aromatic heterocycles. The molecule has 0 aliphatic carbocycles. The van der Waals surface area contributed by atoms with E-state index in [1.54, 1.807) is 30.3 Å². The largest absolute Gasteiger partial charge is 0.484 e. The fraction of sp³-hybridized carbons (Fsp3) is 0.310. The van der Waals surface area contributed by atoms with Gasteiger partial charge in [0.15, 0.2) is 6.61 Å². The minimum Gasteiger partial charge on any atom is -0.484 e. The Balaban J connectivity index is 1.95. The number of carbonyl (C=O) groups is 2. The number of halogens is 3. The van der Waals surface area contributed by atoms with E-state index in [0.29, 0.717) is 32.8 Å². The summed E-state index contributed by atoms with van der Waals surface area (Å²) in [6.07, 6.45) is 0.329. The van der Waals surface area contributed by atoms with E-state index in [9.17, 15) is 9.59 Å². The Hall–Kier alpha value is -2.73. The maximum atomic E-state index is 13.7. The Bertz CT molecular complexity index is 1230. The highest BCUT2D eigenvalue weighted by Gasteiger charge is 2.31. The van der Waals surface area contributed by atoms with E-state index in [1.807, 2.05) is 58.0 Å². The van der Waals surface area contributed by atoms with Gasteiger partial charge in [-0.2, -0.15) is 0 Å². The van der Waals surface area contributed by atoms with Crippen LogP contribution in [0.1, 0.15) is 36.1 Å². The molecule has 1 N–H and O–H groups in total. The summed E-state index contributed by atoms with van der Waals surface area (Å²) in [5.74, 6) is -0.0740. The van der Waals surface area contributed by atoms with Crippen LogP contribution in [0.3, 0.4) is 0 Å². The van der Waals surface area contributed by atoms with Crippen LogP contribution in [0.25, 0.3) is 0 Å². The molecule has 37 heavy (non-hydrogen) atoms. The summed E-state index contributed by atoms with van der Waals surface area (Å²) >= 11 is 18.8. The molecule has 3 rings (SSSR count). The summed E-state index contributed by atoms with van der Waals surface area (Å²) in [5, 5.41) is 4.52. The van der Waals surface area contributed by atoms with Crippen molar-refractivity contribution in [1.82, 2.24) is 10.2 Å². The predicted molar refractivity (Wildman–Crippen MR) is 151 cm³/mol. The quantitative estimate of drug-likeness (QED) is 0.296. The van der Waals surface area contributed by atoms with Crippen LogP contribution in [0.4, 0.5) is 0 Å². The number of nitrogens with one attached hydrogen (secondary N) is 1. The van der Waals surface area contributed by atoms with Gasteiger partial charge in [0, 0.05) is 34.1 Å². The Morgan fingerprint density at radius 3 is 2.19 bits per heavy atom. The van der Waals surface area contributed by atoms with E-state index in [4.69, 9.17) is 39.5 Å². The number of carbonyl (C=O) groups excluding carboxylic acids is 2. The molecule has 0 fully saturated rings. The van der Waals surface area contributed by atoms with Crippen molar-refractivity contribution in [2.75, 3.05) is 6.61 Å². The predicted octanol–water partition coefficient (Wildman–Crippen LogP) is 6.81. The lowest BCUT2D eigenvalue weighted by atomic mass is 10.0. The SMILES string of the molecule is Cc1cc(OCC(=O)N(Cc2ccc(Cl)cc2Cl)[C@@H](Cc2ccccc2)C(=O)NC(C)C)cc(C)c1Cl. The number of benzene rings is 3. The average Bonchev–Trinajstić information content (AvgIpc) is 2.84. The van der Waals surface area contributed by atoms with Crippen molar-refractivity contribution in [1.29, 1.82) is 0 Å². The Morgan fingerprint density at radius 1 is 0.946 bits per heavy atom. The lowest BCUT2D eigenvalue weighted by Crippen LogP contribution is -2.52. The third-order valence-corrected chi connectivity index (χ3v) is 7.01. The van der Waals surface area contributed by atoms with E-state index in [2.05, 4.69) is 5.32 Å². The molecule has 5 nitrogen and oxygen atoms in total. The second-order valence-electron chi connectivity index (χ2n) is 9.29. The molecular weight excluding hydrogens is 531 g/mol. The van der Waals surface area contributed by atoms with Crippen LogP contribution >= 0.6 is 34.8 Å². The number of hydrogen-bond acceptors (Lipinski definition) is 3. The number of hydrogen-bond donors (Lipinski definition) is 1. The monoisotopic (exact) mass is 560 g/mol. The Morgan fingerprint density at radius 2 is 1.59 bits per heavy atom. The molecule has 0 unspecified atom stereocenters. The summed E-state index contributed by atoms with van der Waals surface area (Å²) in [7, 11) is 0. The highest BCUT2D eigenvalue weighted by Crippen LogP contribution is 2.27. The Labute approximate surface area is 233 Å². The highest BCUT2D eigenvalue weighted by molar-refractivity contribution is 6.35. The van der Waals surface area contributed by atoms with Gasteiger partial charge < -0.3 is 15.0 Å². The first-order valence-corrected chi connectivity index (χ1v) is 13.2. The van der Waals surface area contributed by atoms with E-state index < -0.39 is 6.04 Å². The molecule has 0 spiro atoms. The zero-order valence-corrected chi connectivity index (χ0v) is 23.6. The summed E-state index contributed by atoms with van der Waals surface area (Å²) in [4.78, 5) is 28.6. The average molecular weight is 562 g/mol. The van der Waals surface area contributed by atoms with Crippen LogP contribution in [0.15, 0.2) is 60.7 Å². The van der Waals surface area contributed by atoms with Crippen molar-refractivity contribution >= 4 is 46.6 Å². The maximum Gasteiger partial charge on any atom is 0.261 e. The first kappa shape index (κ1) is 28.8. The van der Waals surface area contributed by atoms with Gasteiger partial charge in [0.25, 0.3) is 5.91 Å². The molecular formula is C29H31Cl3N2O3. The smallest absolute Gasteiger partial charge is 0.261 e. The molecule has 0 aliphatic rings. The number of ether oxygens (including phenoxy) is 1. The van der Waals surface area contributed by atoms with Crippen molar-refractivity contribution in [3.8, 4) is 5.75 Å². The van der Waals surface area contributed by atoms with Gasteiger partial charge in [-0.15, -0.1) is 0 Å². The van der Waals surface area contributed by atoms with E-state index in [-0.39, 0.29) is 31.0 Å². The van der Waals surface area contributed by atoms with Crippen LogP contribution in [0.2, 0.25) is 15.1 Å². The first-order valence-electron chi connectivity index (χ1n) is 12.0. The van der Waals surface area contributed by atoms with Gasteiger partial charge in [0.2, 0.25) is 5.91 Å². The molecule has 8 heteroatoms. The summed E-state index contributed by atoms with van der Waals surface area (Å²) in [6.45, 7) is 7.38. The standard InChI is InChI=1S/C29H31Cl3N2O3/c1-18(2)33-29(36)26(14-21-8-6-5-7-9-21)34(16-22-10-11-23(30)15-25(22)31)27(35)17-37-24-12-19(3)28(32)20(4)13-24/h5-13,15,18,26H,14,16-17H2,1-4H3,(H,33,36)/t26-/m0/s1. The molecule has 0 aliphatic heterocycles. The maximum absolute atomic E-state index is 13.7. The minimum atomic E-state index is -0.790. The van der Waals surface area contributed by atoms with Crippen molar-refractivity contribution in [2.45, 2.75) is 52.7 Å². The highest BCUT2D eigenvalue weighted by atomic mass is 35.5.